The number of benzene rings is 2. The van der Waals surface area contributed by atoms with Crippen LogP contribution in [0.3, 0.4) is 0 Å². The Labute approximate surface area is 161 Å². The van der Waals surface area contributed by atoms with E-state index in [9.17, 15) is 9.59 Å². The highest BCUT2D eigenvalue weighted by Crippen LogP contribution is 2.54. The molecule has 0 bridgehead atoms. The fraction of sp³-hybridized carbons (Fsp3) is 0.300. The summed E-state index contributed by atoms with van der Waals surface area (Å²) in [6, 6.07) is 17.0. The van der Waals surface area contributed by atoms with Gasteiger partial charge >= 0.3 is 0 Å². The van der Waals surface area contributed by atoms with E-state index in [0.717, 1.165) is 17.2 Å². The molecule has 132 valence electrons. The van der Waals surface area contributed by atoms with Gasteiger partial charge in [-0.15, -0.1) is 11.8 Å². The standard InChI is InChI=1S/C20H17ClN2O2S/c21-13-6-4-5-12(9-13)18-17-16(15-10-26-11-22(15)18)19(24)23(20(17)25)14-7-2-1-3-8-14/h1-9,15-18H,10-11H2/t15-,16-,17-,18+/m0/s1. The maximum Gasteiger partial charge on any atom is 0.239 e. The van der Waals surface area contributed by atoms with Crippen LogP contribution in [0.25, 0.3) is 0 Å². The number of carbonyl (C=O) groups excluding carboxylic acids is 2. The van der Waals surface area contributed by atoms with Crippen molar-refractivity contribution < 1.29 is 9.59 Å². The predicted molar refractivity (Wildman–Crippen MR) is 103 cm³/mol. The Morgan fingerprint density at radius 1 is 0.962 bits per heavy atom. The topological polar surface area (TPSA) is 40.6 Å². The fourth-order valence-electron chi connectivity index (χ4n) is 4.64. The van der Waals surface area contributed by atoms with Crippen molar-refractivity contribution in [2.45, 2.75) is 12.1 Å². The van der Waals surface area contributed by atoms with Gasteiger partial charge in [0.2, 0.25) is 11.8 Å². The number of thioether (sulfide) groups is 1. The SMILES string of the molecule is O=C1[C@@H]2[C@H](C(=O)N1c1ccccc1)[C@@H](c1cccc(Cl)c1)N1CSC[C@@H]21. The van der Waals surface area contributed by atoms with Crippen LogP contribution in [-0.4, -0.2) is 34.4 Å². The van der Waals surface area contributed by atoms with E-state index in [2.05, 4.69) is 4.90 Å². The Balaban J connectivity index is 1.60. The second-order valence-corrected chi connectivity index (χ2v) is 8.42. The average molecular weight is 385 g/mol. The Morgan fingerprint density at radius 2 is 1.73 bits per heavy atom. The second-order valence-electron chi connectivity index (χ2n) is 6.98. The molecule has 4 atom stereocenters. The Hall–Kier alpha value is -1.82. The lowest BCUT2D eigenvalue weighted by molar-refractivity contribution is -0.123. The van der Waals surface area contributed by atoms with E-state index in [-0.39, 0.29) is 35.7 Å². The van der Waals surface area contributed by atoms with Gasteiger partial charge in [0.25, 0.3) is 0 Å². The smallest absolute Gasteiger partial charge is 0.239 e. The number of para-hydroxylation sites is 1. The summed E-state index contributed by atoms with van der Waals surface area (Å²) in [4.78, 5) is 30.3. The fourth-order valence-corrected chi connectivity index (χ4v) is 6.15. The van der Waals surface area contributed by atoms with Crippen LogP contribution < -0.4 is 4.90 Å². The highest BCUT2D eigenvalue weighted by molar-refractivity contribution is 7.99. The number of nitrogens with zero attached hydrogens (tertiary/aromatic N) is 2. The summed E-state index contributed by atoms with van der Waals surface area (Å²) in [7, 11) is 0. The summed E-state index contributed by atoms with van der Waals surface area (Å²) < 4.78 is 0. The maximum atomic E-state index is 13.3. The molecule has 3 fully saturated rings. The lowest BCUT2D eigenvalue weighted by Crippen LogP contribution is -2.40. The molecule has 3 saturated heterocycles. The lowest BCUT2D eigenvalue weighted by Gasteiger charge is -2.28. The number of hydrogen-bond acceptors (Lipinski definition) is 4. The molecule has 2 aromatic carbocycles. The molecule has 0 spiro atoms. The number of imide groups is 1. The van der Waals surface area contributed by atoms with Crippen molar-refractivity contribution in [3.63, 3.8) is 0 Å². The van der Waals surface area contributed by atoms with E-state index in [1.54, 1.807) is 0 Å². The van der Waals surface area contributed by atoms with E-state index in [4.69, 9.17) is 11.6 Å². The van der Waals surface area contributed by atoms with Gasteiger partial charge in [0.15, 0.2) is 0 Å². The molecule has 0 saturated carbocycles. The van der Waals surface area contributed by atoms with Crippen LogP contribution in [0.15, 0.2) is 54.6 Å². The van der Waals surface area contributed by atoms with E-state index >= 15 is 0 Å². The Kier molecular flexibility index (Phi) is 3.85. The first-order chi connectivity index (χ1) is 12.7. The molecule has 0 unspecified atom stereocenters. The van der Waals surface area contributed by atoms with Crippen LogP contribution >= 0.6 is 23.4 Å². The summed E-state index contributed by atoms with van der Waals surface area (Å²) in [5.74, 6) is 0.971. The third-order valence-corrected chi connectivity index (χ3v) is 6.96. The first-order valence-corrected chi connectivity index (χ1v) is 10.2. The van der Waals surface area contributed by atoms with Gasteiger partial charge in [-0.2, -0.15) is 0 Å². The molecule has 3 aliphatic rings. The molecule has 0 N–H and O–H groups in total. The van der Waals surface area contributed by atoms with Gasteiger partial charge in [-0.05, 0) is 29.8 Å². The summed E-state index contributed by atoms with van der Waals surface area (Å²) in [6.07, 6.45) is 0. The summed E-state index contributed by atoms with van der Waals surface area (Å²) in [6.45, 7) is 0. The molecule has 0 radical (unpaired) electrons. The van der Waals surface area contributed by atoms with Crippen LogP contribution in [0.4, 0.5) is 5.69 Å². The number of anilines is 1. The first kappa shape index (κ1) is 16.4. The normalized spacial score (nSPS) is 30.7. The minimum absolute atomic E-state index is 0.0618. The summed E-state index contributed by atoms with van der Waals surface area (Å²) in [5, 5.41) is 0.658. The van der Waals surface area contributed by atoms with Crippen molar-refractivity contribution in [2.24, 2.45) is 11.8 Å². The van der Waals surface area contributed by atoms with Crippen molar-refractivity contribution in [3.05, 3.63) is 65.2 Å². The Bertz CT molecular complexity index is 890. The van der Waals surface area contributed by atoms with Gasteiger partial charge in [0, 0.05) is 28.7 Å². The van der Waals surface area contributed by atoms with E-state index in [1.807, 2.05) is 66.4 Å². The molecular formula is C20H17ClN2O2S. The molecule has 26 heavy (non-hydrogen) atoms. The number of hydrogen-bond donors (Lipinski definition) is 0. The molecular weight excluding hydrogens is 368 g/mol. The molecule has 3 heterocycles. The van der Waals surface area contributed by atoms with Gasteiger partial charge in [-0.25, -0.2) is 4.90 Å². The van der Waals surface area contributed by atoms with Crippen LogP contribution in [0.1, 0.15) is 11.6 Å². The zero-order valence-electron chi connectivity index (χ0n) is 13.9. The van der Waals surface area contributed by atoms with Crippen molar-refractivity contribution >= 4 is 40.9 Å². The third kappa shape index (κ3) is 2.27. The number of halogens is 1. The number of amides is 2. The molecule has 3 aliphatic heterocycles. The third-order valence-electron chi connectivity index (χ3n) is 5.67. The quantitative estimate of drug-likeness (QED) is 0.742. The van der Waals surface area contributed by atoms with Crippen molar-refractivity contribution in [1.29, 1.82) is 0 Å². The first-order valence-electron chi connectivity index (χ1n) is 8.68. The second kappa shape index (κ2) is 6.12. The molecule has 2 aromatic rings. The molecule has 5 rings (SSSR count). The van der Waals surface area contributed by atoms with Crippen molar-refractivity contribution in [2.75, 3.05) is 16.5 Å². The minimum atomic E-state index is -0.341. The summed E-state index contributed by atoms with van der Waals surface area (Å²) >= 11 is 8.04. The molecule has 4 nitrogen and oxygen atoms in total. The van der Waals surface area contributed by atoms with Gasteiger partial charge in [0.05, 0.1) is 17.5 Å². The number of fused-ring (bicyclic) bond motifs is 3. The van der Waals surface area contributed by atoms with E-state index < -0.39 is 0 Å². The maximum absolute atomic E-state index is 13.3. The van der Waals surface area contributed by atoms with E-state index in [1.165, 1.54) is 4.90 Å². The average Bonchev–Trinajstić information content (AvgIpc) is 3.28. The van der Waals surface area contributed by atoms with Crippen molar-refractivity contribution in [1.82, 2.24) is 4.90 Å². The van der Waals surface area contributed by atoms with Crippen LogP contribution in [0.5, 0.6) is 0 Å². The molecule has 0 aromatic heterocycles. The predicted octanol–water partition coefficient (Wildman–Crippen LogP) is 3.58. The van der Waals surface area contributed by atoms with Crippen molar-refractivity contribution in [3.8, 4) is 0 Å². The van der Waals surface area contributed by atoms with Crippen LogP contribution in [-0.2, 0) is 9.59 Å². The largest absolute Gasteiger partial charge is 0.282 e. The van der Waals surface area contributed by atoms with Crippen LogP contribution in [0.2, 0.25) is 5.02 Å². The van der Waals surface area contributed by atoms with Crippen LogP contribution in [0, 0.1) is 11.8 Å². The highest BCUT2D eigenvalue weighted by atomic mass is 35.5. The van der Waals surface area contributed by atoms with E-state index in [0.29, 0.717) is 10.7 Å². The van der Waals surface area contributed by atoms with Gasteiger partial charge in [-0.3, -0.25) is 14.5 Å². The molecule has 6 heteroatoms. The van der Waals surface area contributed by atoms with Gasteiger partial charge in [0.1, 0.15) is 0 Å². The van der Waals surface area contributed by atoms with Gasteiger partial charge in [-0.1, -0.05) is 41.9 Å². The van der Waals surface area contributed by atoms with Gasteiger partial charge < -0.3 is 0 Å². The number of rotatable bonds is 2. The summed E-state index contributed by atoms with van der Waals surface area (Å²) in [5.41, 5.74) is 1.69. The highest BCUT2D eigenvalue weighted by Gasteiger charge is 2.63. The minimum Gasteiger partial charge on any atom is -0.282 e. The lowest BCUT2D eigenvalue weighted by atomic mass is 9.87. The Morgan fingerprint density at radius 3 is 2.50 bits per heavy atom. The zero-order valence-corrected chi connectivity index (χ0v) is 15.5. The number of carbonyl (C=O) groups is 2. The molecule has 2 amide bonds. The molecule has 0 aliphatic carbocycles. The monoisotopic (exact) mass is 384 g/mol. The zero-order chi connectivity index (χ0) is 17.8.